The van der Waals surface area contributed by atoms with Crippen LogP contribution >= 0.6 is 12.4 Å². The lowest BCUT2D eigenvalue weighted by Crippen LogP contribution is -2.39. The Hall–Kier alpha value is -1.50. The minimum Gasteiger partial charge on any atom is -0.490 e. The van der Waals surface area contributed by atoms with Gasteiger partial charge in [0.15, 0.2) is 11.5 Å². The summed E-state index contributed by atoms with van der Waals surface area (Å²) in [7, 11) is 2.00. The van der Waals surface area contributed by atoms with E-state index >= 15 is 0 Å². The Morgan fingerprint density at radius 1 is 1.15 bits per heavy atom. The number of hydrogen-bond acceptors (Lipinski definition) is 5. The van der Waals surface area contributed by atoms with E-state index in [0.29, 0.717) is 31.3 Å². The van der Waals surface area contributed by atoms with Gasteiger partial charge in [-0.05, 0) is 77.8 Å². The normalized spacial score (nSPS) is 15.1. The molecule has 1 aliphatic rings. The minimum atomic E-state index is 0. The number of amides is 1. The maximum absolute atomic E-state index is 12.4. The van der Waals surface area contributed by atoms with Crippen molar-refractivity contribution in [3.63, 3.8) is 0 Å². The van der Waals surface area contributed by atoms with E-state index in [1.165, 1.54) is 19.3 Å². The summed E-state index contributed by atoms with van der Waals surface area (Å²) in [6.45, 7) is 8.51. The van der Waals surface area contributed by atoms with Crippen LogP contribution in [0.1, 0.15) is 33.1 Å². The Balaban J connectivity index is 0.00000364. The molecule has 0 aromatic heterocycles. The van der Waals surface area contributed by atoms with Crippen molar-refractivity contribution in [2.24, 2.45) is 5.92 Å². The van der Waals surface area contributed by atoms with Gasteiger partial charge in [-0.15, -0.1) is 12.4 Å². The summed E-state index contributed by atoms with van der Waals surface area (Å²) in [4.78, 5) is 14.6. The van der Waals surface area contributed by atoms with Crippen molar-refractivity contribution in [2.45, 2.75) is 33.1 Å². The van der Waals surface area contributed by atoms with Crippen molar-refractivity contribution in [3.8, 4) is 11.5 Å². The first-order valence-corrected chi connectivity index (χ1v) is 9.72. The van der Waals surface area contributed by atoms with Crippen LogP contribution in [0.15, 0.2) is 18.2 Å². The molecular weight excluding hydrogens is 366 g/mol. The van der Waals surface area contributed by atoms with Gasteiger partial charge in [0.2, 0.25) is 5.91 Å². The maximum Gasteiger partial charge on any atom is 0.238 e. The summed E-state index contributed by atoms with van der Waals surface area (Å²) >= 11 is 0. The standard InChI is InChI=1S/C20H33N3O3.ClH/c1-4-25-18-7-6-17(14-19(18)26-5-2)22-20(24)15-23-12-9-16(10-13-23)8-11-21-3;/h6-7,14,16,21H,4-5,8-13,15H2,1-3H3,(H,22,24);1H. The van der Waals surface area contributed by atoms with E-state index in [-0.39, 0.29) is 18.3 Å². The molecular formula is C20H34ClN3O3. The molecule has 2 N–H and O–H groups in total. The van der Waals surface area contributed by atoms with Crippen molar-refractivity contribution in [1.82, 2.24) is 10.2 Å². The summed E-state index contributed by atoms with van der Waals surface area (Å²) < 4.78 is 11.2. The second-order valence-electron chi connectivity index (χ2n) is 6.69. The molecule has 0 unspecified atom stereocenters. The summed E-state index contributed by atoms with van der Waals surface area (Å²) in [6.07, 6.45) is 3.57. The summed E-state index contributed by atoms with van der Waals surface area (Å²) in [6, 6.07) is 5.53. The first-order chi connectivity index (χ1) is 12.7. The molecule has 0 saturated carbocycles. The Bertz CT molecular complexity index is 563. The van der Waals surface area contributed by atoms with Gasteiger partial charge in [0.1, 0.15) is 0 Å². The lowest BCUT2D eigenvalue weighted by molar-refractivity contribution is -0.117. The average Bonchev–Trinajstić information content (AvgIpc) is 2.63. The number of anilines is 1. The molecule has 7 heteroatoms. The molecule has 1 heterocycles. The van der Waals surface area contributed by atoms with Crippen LogP contribution in [0.2, 0.25) is 0 Å². The smallest absolute Gasteiger partial charge is 0.238 e. The number of piperidine rings is 1. The van der Waals surface area contributed by atoms with Crippen molar-refractivity contribution < 1.29 is 14.3 Å². The van der Waals surface area contributed by atoms with Gasteiger partial charge in [0, 0.05) is 11.8 Å². The van der Waals surface area contributed by atoms with Crippen molar-refractivity contribution in [2.75, 3.05) is 51.8 Å². The third-order valence-corrected chi connectivity index (χ3v) is 4.70. The fourth-order valence-corrected chi connectivity index (χ4v) is 3.31. The average molecular weight is 400 g/mol. The molecule has 1 fully saturated rings. The topological polar surface area (TPSA) is 62.8 Å². The second kappa shape index (κ2) is 12.8. The summed E-state index contributed by atoms with van der Waals surface area (Å²) in [5, 5.41) is 6.19. The number of nitrogens with zero attached hydrogens (tertiary/aromatic N) is 1. The van der Waals surface area contributed by atoms with Crippen molar-refractivity contribution in [1.29, 1.82) is 0 Å². The van der Waals surface area contributed by atoms with Crippen LogP contribution in [0, 0.1) is 5.92 Å². The monoisotopic (exact) mass is 399 g/mol. The first kappa shape index (κ1) is 23.5. The largest absolute Gasteiger partial charge is 0.490 e. The van der Waals surface area contributed by atoms with Crippen LogP contribution in [-0.4, -0.2) is 57.2 Å². The SMILES string of the molecule is CCOc1ccc(NC(=O)CN2CCC(CCNC)CC2)cc1OCC.Cl. The Morgan fingerprint density at radius 3 is 2.44 bits per heavy atom. The van der Waals surface area contributed by atoms with Crippen LogP contribution in [-0.2, 0) is 4.79 Å². The van der Waals surface area contributed by atoms with Gasteiger partial charge in [-0.1, -0.05) is 0 Å². The molecule has 1 aromatic carbocycles. The van der Waals surface area contributed by atoms with Gasteiger partial charge >= 0.3 is 0 Å². The van der Waals surface area contributed by atoms with Crippen LogP contribution < -0.4 is 20.1 Å². The molecule has 1 saturated heterocycles. The van der Waals surface area contributed by atoms with E-state index < -0.39 is 0 Å². The molecule has 154 valence electrons. The molecule has 0 atom stereocenters. The van der Waals surface area contributed by atoms with Gasteiger partial charge < -0.3 is 20.1 Å². The highest BCUT2D eigenvalue weighted by molar-refractivity contribution is 5.92. The summed E-state index contributed by atoms with van der Waals surface area (Å²) in [5.74, 6) is 2.17. The first-order valence-electron chi connectivity index (χ1n) is 9.72. The fourth-order valence-electron chi connectivity index (χ4n) is 3.31. The minimum absolute atomic E-state index is 0. The number of halogens is 1. The highest BCUT2D eigenvalue weighted by Gasteiger charge is 2.20. The van der Waals surface area contributed by atoms with Gasteiger partial charge in [0.05, 0.1) is 19.8 Å². The number of hydrogen-bond donors (Lipinski definition) is 2. The number of nitrogens with one attached hydrogen (secondary N) is 2. The second-order valence-corrected chi connectivity index (χ2v) is 6.69. The van der Waals surface area contributed by atoms with E-state index in [1.54, 1.807) is 0 Å². The van der Waals surface area contributed by atoms with E-state index in [2.05, 4.69) is 15.5 Å². The molecule has 27 heavy (non-hydrogen) atoms. The fraction of sp³-hybridized carbons (Fsp3) is 0.650. The highest BCUT2D eigenvalue weighted by atomic mass is 35.5. The maximum atomic E-state index is 12.4. The number of carbonyl (C=O) groups is 1. The van der Waals surface area contributed by atoms with Crippen LogP contribution in [0.3, 0.4) is 0 Å². The van der Waals surface area contributed by atoms with Gasteiger partial charge in [0.25, 0.3) is 0 Å². The number of carbonyl (C=O) groups excluding carboxylic acids is 1. The Kier molecular flexibility index (Phi) is 11.2. The molecule has 1 aromatic rings. The van der Waals surface area contributed by atoms with Gasteiger partial charge in [-0.2, -0.15) is 0 Å². The Morgan fingerprint density at radius 2 is 1.81 bits per heavy atom. The van der Waals surface area contributed by atoms with E-state index in [4.69, 9.17) is 9.47 Å². The number of ether oxygens (including phenoxy) is 2. The van der Waals surface area contributed by atoms with Crippen molar-refractivity contribution >= 4 is 24.0 Å². The lowest BCUT2D eigenvalue weighted by atomic mass is 9.93. The summed E-state index contributed by atoms with van der Waals surface area (Å²) in [5.41, 5.74) is 0.741. The third-order valence-electron chi connectivity index (χ3n) is 4.70. The molecule has 1 amide bonds. The predicted octanol–water partition coefficient (Wildman–Crippen LogP) is 3.17. The molecule has 1 aliphatic heterocycles. The molecule has 2 rings (SSSR count). The van der Waals surface area contributed by atoms with Gasteiger partial charge in [-0.25, -0.2) is 0 Å². The lowest BCUT2D eigenvalue weighted by Gasteiger charge is -2.31. The van der Waals surface area contributed by atoms with Crippen LogP contribution in [0.4, 0.5) is 5.69 Å². The molecule has 0 bridgehead atoms. The van der Waals surface area contributed by atoms with E-state index in [9.17, 15) is 4.79 Å². The predicted molar refractivity (Wildman–Crippen MR) is 112 cm³/mol. The molecule has 0 aliphatic carbocycles. The zero-order valence-corrected chi connectivity index (χ0v) is 17.6. The quantitative estimate of drug-likeness (QED) is 0.632. The van der Waals surface area contributed by atoms with E-state index in [1.807, 2.05) is 39.1 Å². The zero-order valence-electron chi connectivity index (χ0n) is 16.8. The number of rotatable bonds is 10. The third kappa shape index (κ3) is 7.95. The zero-order chi connectivity index (χ0) is 18.8. The molecule has 0 radical (unpaired) electrons. The van der Waals surface area contributed by atoms with E-state index in [0.717, 1.165) is 31.2 Å². The van der Waals surface area contributed by atoms with Crippen LogP contribution in [0.5, 0.6) is 11.5 Å². The Labute approximate surface area is 169 Å². The van der Waals surface area contributed by atoms with Crippen molar-refractivity contribution in [3.05, 3.63) is 18.2 Å². The van der Waals surface area contributed by atoms with Crippen LogP contribution in [0.25, 0.3) is 0 Å². The molecule has 6 nitrogen and oxygen atoms in total. The number of likely N-dealkylation sites (tertiary alicyclic amines) is 1. The number of benzene rings is 1. The highest BCUT2D eigenvalue weighted by Crippen LogP contribution is 2.30. The van der Waals surface area contributed by atoms with Gasteiger partial charge in [-0.3, -0.25) is 9.69 Å². The molecule has 0 spiro atoms.